The van der Waals surface area contributed by atoms with Gasteiger partial charge < -0.3 is 9.47 Å². The second-order valence-corrected chi connectivity index (χ2v) is 5.80. The van der Waals surface area contributed by atoms with E-state index in [4.69, 9.17) is 9.47 Å². The van der Waals surface area contributed by atoms with Gasteiger partial charge >= 0.3 is 11.9 Å². The zero-order valence-corrected chi connectivity index (χ0v) is 16.4. The number of carbonyl (C=O) groups is 2. The first kappa shape index (κ1) is 20.9. The van der Waals surface area contributed by atoms with Crippen LogP contribution >= 0.6 is 0 Å². The number of benzene rings is 2. The molecule has 0 aliphatic rings. The van der Waals surface area contributed by atoms with Crippen LogP contribution < -0.4 is 10.9 Å². The quantitative estimate of drug-likeness (QED) is 0.410. The maximum Gasteiger partial charge on any atom is 0.354 e. The molecule has 0 saturated carbocycles. The van der Waals surface area contributed by atoms with E-state index in [1.807, 2.05) is 36.4 Å². The largest absolute Gasteiger partial charge is 0.461 e. The van der Waals surface area contributed by atoms with Crippen molar-refractivity contribution in [3.05, 3.63) is 36.4 Å². The van der Waals surface area contributed by atoms with Crippen molar-refractivity contribution < 1.29 is 19.1 Å². The van der Waals surface area contributed by atoms with Crippen molar-refractivity contribution >= 4 is 45.5 Å². The Bertz CT molecular complexity index is 847. The van der Waals surface area contributed by atoms with Gasteiger partial charge in [-0.05, 0) is 50.6 Å². The summed E-state index contributed by atoms with van der Waals surface area (Å²) >= 11 is 0. The maximum atomic E-state index is 11.7. The van der Waals surface area contributed by atoms with E-state index in [-0.39, 0.29) is 24.6 Å². The molecule has 0 aliphatic carbocycles. The van der Waals surface area contributed by atoms with E-state index in [0.717, 1.165) is 10.8 Å². The van der Waals surface area contributed by atoms with Crippen molar-refractivity contribution in [1.82, 2.24) is 0 Å². The zero-order chi connectivity index (χ0) is 20.5. The molecule has 2 N–H and O–H groups in total. The van der Waals surface area contributed by atoms with Gasteiger partial charge in [-0.15, -0.1) is 0 Å². The average molecular weight is 384 g/mol. The molecule has 148 valence electrons. The van der Waals surface area contributed by atoms with Crippen LogP contribution in [0.5, 0.6) is 0 Å². The minimum absolute atomic E-state index is 0.187. The predicted molar refractivity (Wildman–Crippen MR) is 111 cm³/mol. The van der Waals surface area contributed by atoms with E-state index in [1.165, 1.54) is 0 Å². The van der Waals surface area contributed by atoms with Crippen molar-refractivity contribution in [2.75, 3.05) is 24.1 Å². The first-order valence-corrected chi connectivity index (χ1v) is 8.93. The van der Waals surface area contributed by atoms with Gasteiger partial charge in [0.1, 0.15) is 11.4 Å². The smallest absolute Gasteiger partial charge is 0.354 e. The van der Waals surface area contributed by atoms with Crippen LogP contribution in [0.2, 0.25) is 0 Å². The third-order valence-corrected chi connectivity index (χ3v) is 3.72. The van der Waals surface area contributed by atoms with Gasteiger partial charge in [-0.25, -0.2) is 9.59 Å². The standard InChI is InChI=1S/C20H24N4O4/c1-5-27-19(25)13(3)21-23-17-11-15-9-7-8-10-16(15)12-18(17)24-22-14(4)20(26)28-6-2/h7-12,23-24H,5-6H2,1-4H3/b21-13-,22-14-. The summed E-state index contributed by atoms with van der Waals surface area (Å²) < 4.78 is 9.84. The van der Waals surface area contributed by atoms with Gasteiger partial charge in [-0.2, -0.15) is 10.2 Å². The van der Waals surface area contributed by atoms with Crippen LogP contribution in [0.4, 0.5) is 11.4 Å². The predicted octanol–water partition coefficient (Wildman–Crippen LogP) is 3.54. The number of hydrogen-bond acceptors (Lipinski definition) is 8. The molecule has 28 heavy (non-hydrogen) atoms. The molecule has 0 aliphatic heterocycles. The summed E-state index contributed by atoms with van der Waals surface area (Å²) in [5.41, 5.74) is 7.27. The van der Waals surface area contributed by atoms with Crippen molar-refractivity contribution in [3.8, 4) is 0 Å². The molecule has 0 bridgehead atoms. The van der Waals surface area contributed by atoms with Crippen molar-refractivity contribution in [2.24, 2.45) is 10.2 Å². The fourth-order valence-corrected chi connectivity index (χ4v) is 2.28. The summed E-state index contributed by atoms with van der Waals surface area (Å²) in [5.74, 6) is -0.997. The first-order chi connectivity index (χ1) is 13.5. The number of carbonyl (C=O) groups excluding carboxylic acids is 2. The molecule has 2 aromatic carbocycles. The van der Waals surface area contributed by atoms with E-state index in [1.54, 1.807) is 27.7 Å². The highest BCUT2D eigenvalue weighted by molar-refractivity contribution is 6.36. The highest BCUT2D eigenvalue weighted by Crippen LogP contribution is 2.28. The Morgan fingerprint density at radius 3 is 1.57 bits per heavy atom. The van der Waals surface area contributed by atoms with E-state index in [2.05, 4.69) is 21.1 Å². The topological polar surface area (TPSA) is 101 Å². The minimum atomic E-state index is -0.499. The number of nitrogens with zero attached hydrogens (tertiary/aromatic N) is 2. The van der Waals surface area contributed by atoms with E-state index in [0.29, 0.717) is 11.4 Å². The molecule has 0 fully saturated rings. The lowest BCUT2D eigenvalue weighted by Crippen LogP contribution is -2.16. The summed E-state index contributed by atoms with van der Waals surface area (Å²) in [7, 11) is 0. The molecule has 8 heteroatoms. The Hall–Kier alpha value is -3.42. The summed E-state index contributed by atoms with van der Waals surface area (Å²) in [5, 5.41) is 10.1. The van der Waals surface area contributed by atoms with Gasteiger partial charge in [0, 0.05) is 0 Å². The Balaban J connectivity index is 2.33. The van der Waals surface area contributed by atoms with Gasteiger partial charge in [-0.1, -0.05) is 24.3 Å². The van der Waals surface area contributed by atoms with Crippen LogP contribution in [0.3, 0.4) is 0 Å². The molecule has 0 aromatic heterocycles. The van der Waals surface area contributed by atoms with Crippen LogP contribution in [0.15, 0.2) is 46.6 Å². The molecule has 0 unspecified atom stereocenters. The number of esters is 2. The summed E-state index contributed by atoms with van der Waals surface area (Å²) in [4.78, 5) is 23.5. The lowest BCUT2D eigenvalue weighted by molar-refractivity contribution is -0.135. The summed E-state index contributed by atoms with van der Waals surface area (Å²) in [6.45, 7) is 7.12. The van der Waals surface area contributed by atoms with Crippen LogP contribution in [-0.2, 0) is 19.1 Å². The van der Waals surface area contributed by atoms with Crippen molar-refractivity contribution in [2.45, 2.75) is 27.7 Å². The summed E-state index contributed by atoms with van der Waals surface area (Å²) in [6.07, 6.45) is 0. The lowest BCUT2D eigenvalue weighted by atomic mass is 10.1. The SMILES string of the molecule is CCOC(=O)/C(C)=N\Nc1cc2ccccc2cc1N/N=C(/C)C(=O)OCC. The van der Waals surface area contributed by atoms with E-state index < -0.39 is 11.9 Å². The van der Waals surface area contributed by atoms with E-state index >= 15 is 0 Å². The van der Waals surface area contributed by atoms with Gasteiger partial charge in [0.2, 0.25) is 0 Å². The number of hydrazone groups is 2. The first-order valence-electron chi connectivity index (χ1n) is 8.93. The Morgan fingerprint density at radius 1 is 0.821 bits per heavy atom. The van der Waals surface area contributed by atoms with Crippen LogP contribution in [0.25, 0.3) is 10.8 Å². The van der Waals surface area contributed by atoms with Crippen LogP contribution in [0.1, 0.15) is 27.7 Å². The number of fused-ring (bicyclic) bond motifs is 1. The third kappa shape index (κ3) is 5.54. The molecular weight excluding hydrogens is 360 g/mol. The molecule has 0 radical (unpaired) electrons. The van der Waals surface area contributed by atoms with Crippen LogP contribution in [-0.4, -0.2) is 36.6 Å². The molecular formula is C20H24N4O4. The molecule has 8 nitrogen and oxygen atoms in total. The van der Waals surface area contributed by atoms with Gasteiger partial charge in [0.25, 0.3) is 0 Å². The number of hydrogen-bond donors (Lipinski definition) is 2. The maximum absolute atomic E-state index is 11.7. The van der Waals surface area contributed by atoms with Crippen molar-refractivity contribution in [1.29, 1.82) is 0 Å². The normalized spacial score (nSPS) is 11.9. The number of anilines is 2. The Labute approximate surface area is 163 Å². The van der Waals surface area contributed by atoms with Crippen molar-refractivity contribution in [3.63, 3.8) is 0 Å². The lowest BCUT2D eigenvalue weighted by Gasteiger charge is -2.12. The average Bonchev–Trinajstić information content (AvgIpc) is 2.70. The number of rotatable bonds is 8. The summed E-state index contributed by atoms with van der Waals surface area (Å²) in [6, 6.07) is 11.5. The molecule has 0 saturated heterocycles. The van der Waals surface area contributed by atoms with Gasteiger partial charge in [0.05, 0.1) is 24.6 Å². The molecule has 0 amide bonds. The monoisotopic (exact) mass is 384 g/mol. The second-order valence-electron chi connectivity index (χ2n) is 5.80. The number of ether oxygens (including phenoxy) is 2. The van der Waals surface area contributed by atoms with Gasteiger partial charge in [0.15, 0.2) is 0 Å². The second kappa shape index (κ2) is 10.1. The minimum Gasteiger partial charge on any atom is -0.461 e. The highest BCUT2D eigenvalue weighted by atomic mass is 16.5. The molecule has 2 aromatic rings. The third-order valence-electron chi connectivity index (χ3n) is 3.72. The van der Waals surface area contributed by atoms with Gasteiger partial charge in [-0.3, -0.25) is 10.9 Å². The zero-order valence-electron chi connectivity index (χ0n) is 16.4. The van der Waals surface area contributed by atoms with E-state index in [9.17, 15) is 9.59 Å². The Morgan fingerprint density at radius 2 is 1.21 bits per heavy atom. The highest BCUT2D eigenvalue weighted by Gasteiger charge is 2.10. The fraction of sp³-hybridized carbons (Fsp3) is 0.300. The number of nitrogens with one attached hydrogen (secondary N) is 2. The van der Waals surface area contributed by atoms with Crippen LogP contribution in [0, 0.1) is 0 Å². The molecule has 0 spiro atoms. The molecule has 0 heterocycles. The fourth-order valence-electron chi connectivity index (χ4n) is 2.28. The Kier molecular flexibility index (Phi) is 7.50. The molecule has 2 rings (SSSR count). The molecule has 0 atom stereocenters.